The maximum absolute atomic E-state index is 11.7. The Balaban J connectivity index is 0.000000861. The molecule has 0 saturated heterocycles. The third-order valence-corrected chi connectivity index (χ3v) is 5.00. The van der Waals surface area contributed by atoms with Gasteiger partial charge in [-0.05, 0) is 36.5 Å². The van der Waals surface area contributed by atoms with Crippen LogP contribution in [0.2, 0.25) is 0 Å². The average Bonchev–Trinajstić information content (AvgIpc) is 2.38. The summed E-state index contributed by atoms with van der Waals surface area (Å²) in [6.07, 6.45) is 2.76. The topological polar surface area (TPSA) is 60.2 Å². The minimum Gasteiger partial charge on any atom is -0.287 e. The monoisotopic (exact) mass is 267 g/mol. The molecule has 2 aliphatic carbocycles. The standard InChI is InChI=1S/C13H19NO3.C2H6/c1-8-4-5-10-12(14(16)17)11(15)6-7-13(10,3)9(8)2;1-2/h8-9H,4-7H2,1-3H3;1-2H3. The van der Waals surface area contributed by atoms with Crippen LogP contribution in [0, 0.1) is 27.4 Å². The van der Waals surface area contributed by atoms with Gasteiger partial charge < -0.3 is 0 Å². The first-order valence-electron chi connectivity index (χ1n) is 7.29. The highest BCUT2D eigenvalue weighted by molar-refractivity contribution is 5.95. The van der Waals surface area contributed by atoms with E-state index < -0.39 is 4.92 Å². The summed E-state index contributed by atoms with van der Waals surface area (Å²) in [5.41, 5.74) is 0.565. The predicted molar refractivity (Wildman–Crippen MR) is 75.3 cm³/mol. The van der Waals surface area contributed by atoms with Gasteiger partial charge in [0, 0.05) is 12.0 Å². The number of Topliss-reactive ketones (excluding diaryl/α,β-unsaturated/α-hetero) is 1. The largest absolute Gasteiger partial charge is 0.311 e. The molecule has 3 unspecified atom stereocenters. The van der Waals surface area contributed by atoms with Gasteiger partial charge in [-0.1, -0.05) is 34.6 Å². The van der Waals surface area contributed by atoms with Crippen molar-refractivity contribution >= 4 is 5.78 Å². The average molecular weight is 267 g/mol. The number of carbonyl (C=O) groups excluding carboxylic acids is 1. The fourth-order valence-electron chi connectivity index (χ4n) is 3.45. The highest BCUT2D eigenvalue weighted by Gasteiger charge is 2.49. The van der Waals surface area contributed by atoms with Crippen molar-refractivity contribution in [2.45, 2.75) is 60.3 Å². The van der Waals surface area contributed by atoms with E-state index in [4.69, 9.17) is 0 Å². The number of ketones is 1. The number of hydrogen-bond acceptors (Lipinski definition) is 3. The van der Waals surface area contributed by atoms with Crippen molar-refractivity contribution in [2.24, 2.45) is 17.3 Å². The van der Waals surface area contributed by atoms with E-state index in [1.165, 1.54) is 0 Å². The van der Waals surface area contributed by atoms with Crippen LogP contribution < -0.4 is 0 Å². The Hall–Kier alpha value is -1.19. The summed E-state index contributed by atoms with van der Waals surface area (Å²) in [5, 5.41) is 11.1. The SMILES string of the molecule is CC.CC1CCC2=C([N+](=O)[O-])C(=O)CCC2(C)C1C. The van der Waals surface area contributed by atoms with Gasteiger partial charge in [-0.2, -0.15) is 0 Å². The van der Waals surface area contributed by atoms with Crippen molar-refractivity contribution in [1.29, 1.82) is 0 Å². The predicted octanol–water partition coefficient (Wildman–Crippen LogP) is 3.98. The molecular formula is C15H25NO3. The minimum absolute atomic E-state index is 0.0995. The maximum atomic E-state index is 11.7. The Morgan fingerprint density at radius 2 is 1.84 bits per heavy atom. The van der Waals surface area contributed by atoms with Gasteiger partial charge in [0.2, 0.25) is 5.78 Å². The summed E-state index contributed by atoms with van der Waals surface area (Å²) in [6, 6.07) is 0. The summed E-state index contributed by atoms with van der Waals surface area (Å²) in [6.45, 7) is 10.5. The molecule has 4 nitrogen and oxygen atoms in total. The zero-order valence-electron chi connectivity index (χ0n) is 12.7. The molecule has 1 saturated carbocycles. The van der Waals surface area contributed by atoms with Gasteiger partial charge in [0.25, 0.3) is 0 Å². The molecule has 0 bridgehead atoms. The van der Waals surface area contributed by atoms with Crippen molar-refractivity contribution in [2.75, 3.05) is 0 Å². The van der Waals surface area contributed by atoms with Crippen molar-refractivity contribution in [3.05, 3.63) is 21.4 Å². The van der Waals surface area contributed by atoms with Gasteiger partial charge >= 0.3 is 5.70 Å². The van der Waals surface area contributed by atoms with Crippen LogP contribution >= 0.6 is 0 Å². The first-order valence-corrected chi connectivity index (χ1v) is 7.29. The van der Waals surface area contributed by atoms with E-state index in [2.05, 4.69) is 20.8 Å². The van der Waals surface area contributed by atoms with E-state index in [1.807, 2.05) is 13.8 Å². The van der Waals surface area contributed by atoms with E-state index >= 15 is 0 Å². The second-order valence-corrected chi connectivity index (χ2v) is 5.73. The van der Waals surface area contributed by atoms with Gasteiger partial charge in [0.1, 0.15) is 0 Å². The third kappa shape index (κ3) is 2.58. The Morgan fingerprint density at radius 1 is 1.26 bits per heavy atom. The normalized spacial score (nSPS) is 34.3. The highest BCUT2D eigenvalue weighted by Crippen LogP contribution is 2.53. The lowest BCUT2D eigenvalue weighted by molar-refractivity contribution is -0.422. The first kappa shape index (κ1) is 15.9. The number of hydrogen-bond donors (Lipinski definition) is 0. The van der Waals surface area contributed by atoms with Crippen LogP contribution in [0.3, 0.4) is 0 Å². The number of rotatable bonds is 1. The molecule has 108 valence electrons. The van der Waals surface area contributed by atoms with E-state index in [1.54, 1.807) is 0 Å². The molecule has 2 aliphatic rings. The summed E-state index contributed by atoms with van der Waals surface area (Å²) >= 11 is 0. The third-order valence-electron chi connectivity index (χ3n) is 5.00. The van der Waals surface area contributed by atoms with Crippen LogP contribution in [0.15, 0.2) is 11.3 Å². The van der Waals surface area contributed by atoms with Crippen molar-refractivity contribution < 1.29 is 9.72 Å². The highest BCUT2D eigenvalue weighted by atomic mass is 16.6. The molecule has 1 fully saturated rings. The smallest absolute Gasteiger partial charge is 0.287 e. The number of allylic oxidation sites excluding steroid dienone is 2. The molecule has 0 spiro atoms. The molecule has 3 atom stereocenters. The van der Waals surface area contributed by atoms with Crippen molar-refractivity contribution in [1.82, 2.24) is 0 Å². The lowest BCUT2D eigenvalue weighted by atomic mass is 9.57. The van der Waals surface area contributed by atoms with E-state index in [0.717, 1.165) is 18.4 Å². The second-order valence-electron chi connectivity index (χ2n) is 5.73. The van der Waals surface area contributed by atoms with E-state index in [9.17, 15) is 14.9 Å². The van der Waals surface area contributed by atoms with Crippen LogP contribution in [0.1, 0.15) is 60.3 Å². The Morgan fingerprint density at radius 3 is 2.37 bits per heavy atom. The summed E-state index contributed by atoms with van der Waals surface area (Å²) in [4.78, 5) is 22.3. The van der Waals surface area contributed by atoms with Crippen LogP contribution in [-0.2, 0) is 4.79 Å². The first-order chi connectivity index (χ1) is 8.88. The maximum Gasteiger partial charge on any atom is 0.311 e. The quantitative estimate of drug-likeness (QED) is 0.533. The van der Waals surface area contributed by atoms with Crippen LogP contribution in [0.5, 0.6) is 0 Å². The molecule has 0 aromatic rings. The van der Waals surface area contributed by atoms with Gasteiger partial charge in [-0.15, -0.1) is 0 Å². The lowest BCUT2D eigenvalue weighted by Crippen LogP contribution is -2.41. The van der Waals surface area contributed by atoms with E-state index in [0.29, 0.717) is 24.7 Å². The Labute approximate surface area is 115 Å². The number of fused-ring (bicyclic) bond motifs is 1. The number of carbonyl (C=O) groups is 1. The fourth-order valence-corrected chi connectivity index (χ4v) is 3.45. The molecular weight excluding hydrogens is 242 g/mol. The Kier molecular flexibility index (Phi) is 4.88. The zero-order valence-corrected chi connectivity index (χ0v) is 12.7. The van der Waals surface area contributed by atoms with Gasteiger partial charge in [0.05, 0.1) is 4.92 Å². The van der Waals surface area contributed by atoms with Crippen LogP contribution in [0.25, 0.3) is 0 Å². The summed E-state index contributed by atoms with van der Waals surface area (Å²) in [7, 11) is 0. The van der Waals surface area contributed by atoms with Crippen LogP contribution in [0.4, 0.5) is 0 Å². The molecule has 2 rings (SSSR count). The molecule has 0 heterocycles. The molecule has 4 heteroatoms. The Bertz CT molecular complexity index is 414. The van der Waals surface area contributed by atoms with Gasteiger partial charge in [0.15, 0.2) is 0 Å². The number of nitrogens with zero attached hydrogens (tertiary/aromatic N) is 1. The van der Waals surface area contributed by atoms with Gasteiger partial charge in [-0.25, -0.2) is 0 Å². The zero-order chi connectivity index (χ0) is 14.8. The molecule has 0 radical (unpaired) electrons. The van der Waals surface area contributed by atoms with Crippen molar-refractivity contribution in [3.8, 4) is 0 Å². The van der Waals surface area contributed by atoms with Gasteiger partial charge in [-0.3, -0.25) is 14.9 Å². The summed E-state index contributed by atoms with van der Waals surface area (Å²) < 4.78 is 0. The summed E-state index contributed by atoms with van der Waals surface area (Å²) in [5.74, 6) is 0.712. The fraction of sp³-hybridized carbons (Fsp3) is 0.800. The lowest BCUT2D eigenvalue weighted by Gasteiger charge is -2.46. The molecule has 0 aromatic carbocycles. The molecule has 0 N–H and O–H groups in total. The van der Waals surface area contributed by atoms with Crippen molar-refractivity contribution in [3.63, 3.8) is 0 Å². The van der Waals surface area contributed by atoms with Crippen LogP contribution in [-0.4, -0.2) is 10.7 Å². The molecule has 19 heavy (non-hydrogen) atoms. The molecule has 0 aromatic heterocycles. The second kappa shape index (κ2) is 5.85. The molecule has 0 amide bonds. The molecule has 0 aliphatic heterocycles. The minimum atomic E-state index is -0.461. The number of nitro groups is 1. The van der Waals surface area contributed by atoms with E-state index in [-0.39, 0.29) is 16.9 Å².